The van der Waals surface area contributed by atoms with E-state index < -0.39 is 6.04 Å². The molecule has 0 bridgehead atoms. The second kappa shape index (κ2) is 9.97. The summed E-state index contributed by atoms with van der Waals surface area (Å²) in [6.07, 6.45) is 1.09. The lowest BCUT2D eigenvalue weighted by Crippen LogP contribution is -2.48. The van der Waals surface area contributed by atoms with Crippen LogP contribution in [-0.2, 0) is 22.6 Å². The van der Waals surface area contributed by atoms with E-state index in [1.54, 1.807) is 24.0 Å². The van der Waals surface area contributed by atoms with E-state index in [4.69, 9.17) is 11.6 Å². The van der Waals surface area contributed by atoms with Gasteiger partial charge in [0.25, 0.3) is 0 Å². The molecule has 0 radical (unpaired) electrons. The van der Waals surface area contributed by atoms with Gasteiger partial charge in [0, 0.05) is 18.1 Å². The normalized spacial score (nSPS) is 11.7. The summed E-state index contributed by atoms with van der Waals surface area (Å²) in [4.78, 5) is 27.0. The van der Waals surface area contributed by atoms with Crippen molar-refractivity contribution in [1.29, 1.82) is 0 Å². The minimum absolute atomic E-state index is 0.0877. The SMILES string of the molecule is CCCNC(=O)[C@H](C)N(Cc1ccccc1)C(=O)Cc1ccc(Cl)cc1. The van der Waals surface area contributed by atoms with Crippen LogP contribution in [0.2, 0.25) is 5.02 Å². The molecule has 0 saturated heterocycles. The Balaban J connectivity index is 2.16. The fourth-order valence-electron chi connectivity index (χ4n) is 2.64. The number of amides is 2. The van der Waals surface area contributed by atoms with Crippen LogP contribution in [0.15, 0.2) is 54.6 Å². The molecule has 1 N–H and O–H groups in total. The molecule has 1 atom stereocenters. The molecule has 5 heteroatoms. The molecule has 0 aromatic heterocycles. The minimum atomic E-state index is -0.540. The van der Waals surface area contributed by atoms with Gasteiger partial charge in [0.2, 0.25) is 11.8 Å². The third kappa shape index (κ3) is 5.88. The van der Waals surface area contributed by atoms with Crippen LogP contribution in [0.3, 0.4) is 0 Å². The number of carbonyl (C=O) groups excluding carboxylic acids is 2. The van der Waals surface area contributed by atoms with Crippen LogP contribution in [0.25, 0.3) is 0 Å². The van der Waals surface area contributed by atoms with Gasteiger partial charge in [0.1, 0.15) is 6.04 Å². The molecule has 0 heterocycles. The quantitative estimate of drug-likeness (QED) is 0.765. The van der Waals surface area contributed by atoms with Gasteiger partial charge in [-0.25, -0.2) is 0 Å². The van der Waals surface area contributed by atoms with Crippen molar-refractivity contribution in [3.05, 3.63) is 70.7 Å². The maximum atomic E-state index is 12.9. The standard InChI is InChI=1S/C21H25ClN2O2/c1-3-13-23-21(26)16(2)24(15-18-7-5-4-6-8-18)20(25)14-17-9-11-19(22)12-10-17/h4-12,16H,3,13-15H2,1-2H3,(H,23,26)/t16-/m0/s1. The molecule has 0 aliphatic rings. The molecule has 26 heavy (non-hydrogen) atoms. The number of nitrogens with one attached hydrogen (secondary N) is 1. The van der Waals surface area contributed by atoms with Gasteiger partial charge in [-0.15, -0.1) is 0 Å². The number of hydrogen-bond acceptors (Lipinski definition) is 2. The maximum Gasteiger partial charge on any atom is 0.242 e. The van der Waals surface area contributed by atoms with Crippen molar-refractivity contribution in [3.8, 4) is 0 Å². The first-order valence-electron chi connectivity index (χ1n) is 8.86. The molecule has 0 spiro atoms. The number of carbonyl (C=O) groups is 2. The molecular formula is C21H25ClN2O2. The highest BCUT2D eigenvalue weighted by molar-refractivity contribution is 6.30. The summed E-state index contributed by atoms with van der Waals surface area (Å²) in [6, 6.07) is 16.4. The molecule has 2 aromatic rings. The van der Waals surface area contributed by atoms with Gasteiger partial charge in [-0.1, -0.05) is 61.0 Å². The molecule has 0 fully saturated rings. The van der Waals surface area contributed by atoms with Gasteiger partial charge >= 0.3 is 0 Å². The minimum Gasteiger partial charge on any atom is -0.354 e. The van der Waals surface area contributed by atoms with E-state index in [1.807, 2.05) is 49.4 Å². The Morgan fingerprint density at radius 2 is 1.69 bits per heavy atom. The summed E-state index contributed by atoms with van der Waals surface area (Å²) in [5, 5.41) is 3.51. The van der Waals surface area contributed by atoms with Crippen molar-refractivity contribution in [2.45, 2.75) is 39.3 Å². The van der Waals surface area contributed by atoms with E-state index >= 15 is 0 Å². The van der Waals surface area contributed by atoms with E-state index in [-0.39, 0.29) is 18.2 Å². The summed E-state index contributed by atoms with van der Waals surface area (Å²) < 4.78 is 0. The molecule has 2 rings (SSSR count). The van der Waals surface area contributed by atoms with Crippen molar-refractivity contribution in [2.24, 2.45) is 0 Å². The average molecular weight is 373 g/mol. The van der Waals surface area contributed by atoms with Crippen molar-refractivity contribution >= 4 is 23.4 Å². The van der Waals surface area contributed by atoms with E-state index in [2.05, 4.69) is 5.32 Å². The molecular weight excluding hydrogens is 348 g/mol. The molecule has 4 nitrogen and oxygen atoms in total. The fourth-order valence-corrected chi connectivity index (χ4v) is 2.76. The van der Waals surface area contributed by atoms with Gasteiger partial charge in [-0.05, 0) is 36.6 Å². The number of rotatable bonds is 8. The predicted octanol–water partition coefficient (Wildman–Crippen LogP) is 3.83. The zero-order chi connectivity index (χ0) is 18.9. The highest BCUT2D eigenvalue weighted by Gasteiger charge is 2.25. The molecule has 2 aromatic carbocycles. The first kappa shape index (κ1) is 20.0. The number of halogens is 1. The van der Waals surface area contributed by atoms with Gasteiger partial charge in [0.15, 0.2) is 0 Å². The Morgan fingerprint density at radius 3 is 2.31 bits per heavy atom. The van der Waals surface area contributed by atoms with Crippen molar-refractivity contribution in [3.63, 3.8) is 0 Å². The molecule has 2 amide bonds. The van der Waals surface area contributed by atoms with Gasteiger partial charge in [-0.3, -0.25) is 9.59 Å². The van der Waals surface area contributed by atoms with Crippen LogP contribution in [0.4, 0.5) is 0 Å². The average Bonchev–Trinajstić information content (AvgIpc) is 2.66. The number of hydrogen-bond donors (Lipinski definition) is 1. The Bertz CT molecular complexity index is 717. The summed E-state index contributed by atoms with van der Waals surface area (Å²) in [5.41, 5.74) is 1.87. The van der Waals surface area contributed by atoms with Crippen LogP contribution in [0.5, 0.6) is 0 Å². The highest BCUT2D eigenvalue weighted by atomic mass is 35.5. The van der Waals surface area contributed by atoms with Gasteiger partial charge in [-0.2, -0.15) is 0 Å². The van der Waals surface area contributed by atoms with Crippen LogP contribution in [0, 0.1) is 0 Å². The Labute approximate surface area is 160 Å². The lowest BCUT2D eigenvalue weighted by molar-refractivity contribution is -0.140. The van der Waals surface area contributed by atoms with E-state index in [9.17, 15) is 9.59 Å². The third-order valence-corrected chi connectivity index (χ3v) is 4.43. The Morgan fingerprint density at radius 1 is 1.04 bits per heavy atom. The maximum absolute atomic E-state index is 12.9. The second-order valence-corrected chi connectivity index (χ2v) is 6.71. The number of nitrogens with zero attached hydrogens (tertiary/aromatic N) is 1. The lowest BCUT2D eigenvalue weighted by Gasteiger charge is -2.29. The third-order valence-electron chi connectivity index (χ3n) is 4.18. The predicted molar refractivity (Wildman–Crippen MR) is 105 cm³/mol. The second-order valence-electron chi connectivity index (χ2n) is 6.28. The van der Waals surface area contributed by atoms with Gasteiger partial charge in [0.05, 0.1) is 6.42 Å². The van der Waals surface area contributed by atoms with Crippen molar-refractivity contribution in [1.82, 2.24) is 10.2 Å². The monoisotopic (exact) mass is 372 g/mol. The highest BCUT2D eigenvalue weighted by Crippen LogP contribution is 2.14. The van der Waals surface area contributed by atoms with Crippen LogP contribution in [-0.4, -0.2) is 29.3 Å². The van der Waals surface area contributed by atoms with Crippen LogP contribution >= 0.6 is 11.6 Å². The summed E-state index contributed by atoms with van der Waals surface area (Å²) in [7, 11) is 0. The summed E-state index contributed by atoms with van der Waals surface area (Å²) >= 11 is 5.91. The molecule has 0 aliphatic carbocycles. The van der Waals surface area contributed by atoms with E-state index in [0.717, 1.165) is 17.5 Å². The molecule has 0 aliphatic heterocycles. The van der Waals surface area contributed by atoms with Crippen LogP contribution < -0.4 is 5.32 Å². The topological polar surface area (TPSA) is 49.4 Å². The molecule has 0 unspecified atom stereocenters. The Hall–Kier alpha value is -2.33. The number of benzene rings is 2. The lowest BCUT2D eigenvalue weighted by atomic mass is 10.1. The largest absolute Gasteiger partial charge is 0.354 e. The zero-order valence-electron chi connectivity index (χ0n) is 15.2. The smallest absolute Gasteiger partial charge is 0.242 e. The van der Waals surface area contributed by atoms with E-state index in [1.165, 1.54) is 0 Å². The zero-order valence-corrected chi connectivity index (χ0v) is 16.0. The van der Waals surface area contributed by atoms with E-state index in [0.29, 0.717) is 18.1 Å². The Kier molecular flexibility index (Phi) is 7.67. The molecule has 138 valence electrons. The first-order valence-corrected chi connectivity index (χ1v) is 9.24. The first-order chi connectivity index (χ1) is 12.5. The van der Waals surface area contributed by atoms with Gasteiger partial charge < -0.3 is 10.2 Å². The summed E-state index contributed by atoms with van der Waals surface area (Å²) in [5.74, 6) is -0.220. The van der Waals surface area contributed by atoms with Crippen molar-refractivity contribution in [2.75, 3.05) is 6.54 Å². The van der Waals surface area contributed by atoms with Crippen LogP contribution in [0.1, 0.15) is 31.4 Å². The fraction of sp³-hybridized carbons (Fsp3) is 0.333. The summed E-state index contributed by atoms with van der Waals surface area (Å²) in [6.45, 7) is 4.77. The van der Waals surface area contributed by atoms with Crippen molar-refractivity contribution < 1.29 is 9.59 Å². The molecule has 0 saturated carbocycles.